The van der Waals surface area contributed by atoms with Gasteiger partial charge in [-0.3, -0.25) is 4.79 Å². The number of nitrogens with one attached hydrogen (secondary N) is 1. The number of ether oxygens (including phenoxy) is 1. The van der Waals surface area contributed by atoms with Crippen LogP contribution in [0.15, 0.2) is 83.3 Å². The Morgan fingerprint density at radius 1 is 0.933 bits per heavy atom. The van der Waals surface area contributed by atoms with Gasteiger partial charge in [0.1, 0.15) is 23.8 Å². The molecule has 4 aromatic rings. The van der Waals surface area contributed by atoms with E-state index in [1.54, 1.807) is 12.1 Å². The predicted octanol–water partition coefficient (Wildman–Crippen LogP) is 5.79. The van der Waals surface area contributed by atoms with Crippen molar-refractivity contribution < 1.29 is 13.9 Å². The van der Waals surface area contributed by atoms with Crippen molar-refractivity contribution in [3.05, 3.63) is 101 Å². The van der Waals surface area contributed by atoms with E-state index in [9.17, 15) is 4.79 Å². The number of oxazole rings is 1. The molecule has 0 saturated carbocycles. The van der Waals surface area contributed by atoms with Gasteiger partial charge in [0.2, 0.25) is 5.89 Å². The molecule has 1 aromatic heterocycles. The quantitative estimate of drug-likeness (QED) is 0.446. The molecule has 0 aliphatic heterocycles. The van der Waals surface area contributed by atoms with Crippen LogP contribution in [0.4, 0.5) is 5.69 Å². The fraction of sp³-hybridized carbons (Fsp3) is 0.120. The maximum Gasteiger partial charge on any atom is 0.255 e. The van der Waals surface area contributed by atoms with Crippen molar-refractivity contribution in [1.82, 2.24) is 4.98 Å². The Hall–Kier alpha value is -3.86. The number of anilines is 1. The van der Waals surface area contributed by atoms with Crippen molar-refractivity contribution in [1.29, 1.82) is 0 Å². The first-order valence-electron chi connectivity index (χ1n) is 9.71. The summed E-state index contributed by atoms with van der Waals surface area (Å²) in [7, 11) is 0. The number of hydrogen-bond donors (Lipinski definition) is 1. The molecule has 0 bridgehead atoms. The molecule has 1 amide bonds. The molecule has 0 aliphatic rings. The fourth-order valence-corrected chi connectivity index (χ4v) is 2.96. The zero-order valence-corrected chi connectivity index (χ0v) is 16.9. The summed E-state index contributed by atoms with van der Waals surface area (Å²) < 4.78 is 11.6. The lowest BCUT2D eigenvalue weighted by molar-refractivity contribution is 0.102. The zero-order valence-electron chi connectivity index (χ0n) is 16.9. The molecule has 0 spiro atoms. The molecule has 150 valence electrons. The standard InChI is InChI=1S/C25H22N2O3/c1-17-8-14-21(15-9-17)26-24(28)19-10-12-20(13-11-19)25-27-23(18(2)30-25)16-29-22-6-4-3-5-7-22/h3-15H,16H2,1-2H3,(H,26,28). The van der Waals surface area contributed by atoms with Crippen LogP contribution in [0.5, 0.6) is 5.75 Å². The molecule has 0 fully saturated rings. The van der Waals surface area contributed by atoms with Crippen LogP contribution in [-0.4, -0.2) is 10.9 Å². The summed E-state index contributed by atoms with van der Waals surface area (Å²) in [5.41, 5.74) is 4.02. The second-order valence-corrected chi connectivity index (χ2v) is 7.02. The number of para-hydroxylation sites is 1. The SMILES string of the molecule is Cc1ccc(NC(=O)c2ccc(-c3nc(COc4ccccc4)c(C)o3)cc2)cc1. The molecule has 0 radical (unpaired) electrons. The number of rotatable bonds is 6. The summed E-state index contributed by atoms with van der Waals surface area (Å²) in [6.07, 6.45) is 0. The highest BCUT2D eigenvalue weighted by atomic mass is 16.5. The van der Waals surface area contributed by atoms with Gasteiger partial charge in [0.15, 0.2) is 0 Å². The van der Waals surface area contributed by atoms with Gasteiger partial charge in [0.05, 0.1) is 0 Å². The van der Waals surface area contributed by atoms with E-state index in [0.29, 0.717) is 23.8 Å². The Balaban J connectivity index is 1.43. The average molecular weight is 398 g/mol. The van der Waals surface area contributed by atoms with E-state index in [0.717, 1.165) is 28.3 Å². The number of aryl methyl sites for hydroxylation is 2. The molecule has 5 nitrogen and oxygen atoms in total. The van der Waals surface area contributed by atoms with E-state index in [2.05, 4.69) is 10.3 Å². The largest absolute Gasteiger partial charge is 0.487 e. The smallest absolute Gasteiger partial charge is 0.255 e. The summed E-state index contributed by atoms with van der Waals surface area (Å²) in [4.78, 5) is 17.0. The van der Waals surface area contributed by atoms with E-state index in [4.69, 9.17) is 9.15 Å². The van der Waals surface area contributed by atoms with Crippen molar-refractivity contribution in [2.24, 2.45) is 0 Å². The van der Waals surface area contributed by atoms with Crippen LogP contribution >= 0.6 is 0 Å². The minimum Gasteiger partial charge on any atom is -0.487 e. The molecule has 0 atom stereocenters. The first-order chi connectivity index (χ1) is 14.6. The Morgan fingerprint density at radius 2 is 1.63 bits per heavy atom. The first kappa shape index (κ1) is 19.5. The van der Waals surface area contributed by atoms with Gasteiger partial charge in [-0.15, -0.1) is 0 Å². The van der Waals surface area contributed by atoms with E-state index in [1.807, 2.05) is 80.6 Å². The van der Waals surface area contributed by atoms with E-state index in [-0.39, 0.29) is 5.91 Å². The summed E-state index contributed by atoms with van der Waals surface area (Å²) in [6, 6.07) is 24.5. The third-order valence-electron chi connectivity index (χ3n) is 4.71. The topological polar surface area (TPSA) is 64.4 Å². The third kappa shape index (κ3) is 4.58. The van der Waals surface area contributed by atoms with Crippen LogP contribution in [0.25, 0.3) is 11.5 Å². The highest BCUT2D eigenvalue weighted by Crippen LogP contribution is 2.23. The molecule has 1 N–H and O–H groups in total. The number of carbonyl (C=O) groups is 1. The van der Waals surface area contributed by atoms with Gasteiger partial charge in [0.25, 0.3) is 5.91 Å². The molecule has 3 aromatic carbocycles. The molecular formula is C25H22N2O3. The zero-order chi connectivity index (χ0) is 20.9. The number of amides is 1. The second kappa shape index (κ2) is 8.66. The number of benzene rings is 3. The fourth-order valence-electron chi connectivity index (χ4n) is 2.96. The summed E-state index contributed by atoms with van der Waals surface area (Å²) in [5, 5.41) is 2.90. The van der Waals surface area contributed by atoms with Gasteiger partial charge in [-0.05, 0) is 62.4 Å². The number of carbonyl (C=O) groups excluding carboxylic acids is 1. The van der Waals surface area contributed by atoms with Gasteiger partial charge in [-0.2, -0.15) is 0 Å². The molecular weight excluding hydrogens is 376 g/mol. The molecule has 0 aliphatic carbocycles. The van der Waals surface area contributed by atoms with Crippen LogP contribution in [0.3, 0.4) is 0 Å². The highest BCUT2D eigenvalue weighted by Gasteiger charge is 2.13. The average Bonchev–Trinajstić information content (AvgIpc) is 3.15. The highest BCUT2D eigenvalue weighted by molar-refractivity contribution is 6.04. The van der Waals surface area contributed by atoms with Crippen molar-refractivity contribution >= 4 is 11.6 Å². The lowest BCUT2D eigenvalue weighted by Gasteiger charge is -2.06. The molecule has 0 saturated heterocycles. The summed E-state index contributed by atoms with van der Waals surface area (Å²) >= 11 is 0. The van der Waals surface area contributed by atoms with Crippen LogP contribution in [-0.2, 0) is 6.61 Å². The van der Waals surface area contributed by atoms with Gasteiger partial charge < -0.3 is 14.5 Å². The number of nitrogens with zero attached hydrogens (tertiary/aromatic N) is 1. The second-order valence-electron chi connectivity index (χ2n) is 7.02. The van der Waals surface area contributed by atoms with Gasteiger partial charge in [0, 0.05) is 16.8 Å². The van der Waals surface area contributed by atoms with Crippen molar-refractivity contribution in [2.75, 3.05) is 5.32 Å². The Kier molecular flexibility index (Phi) is 5.61. The normalized spacial score (nSPS) is 10.6. The van der Waals surface area contributed by atoms with Crippen molar-refractivity contribution in [3.63, 3.8) is 0 Å². The van der Waals surface area contributed by atoms with Crippen molar-refractivity contribution in [3.8, 4) is 17.2 Å². The molecule has 30 heavy (non-hydrogen) atoms. The molecule has 5 heteroatoms. The molecule has 1 heterocycles. The minimum absolute atomic E-state index is 0.161. The lowest BCUT2D eigenvalue weighted by atomic mass is 10.1. The van der Waals surface area contributed by atoms with Crippen LogP contribution in [0.2, 0.25) is 0 Å². The lowest BCUT2D eigenvalue weighted by Crippen LogP contribution is -2.11. The molecule has 4 rings (SSSR count). The minimum atomic E-state index is -0.161. The number of hydrogen-bond acceptors (Lipinski definition) is 4. The number of aromatic nitrogens is 1. The Labute approximate surface area is 175 Å². The Bertz CT molecular complexity index is 1130. The van der Waals surface area contributed by atoms with E-state index < -0.39 is 0 Å². The van der Waals surface area contributed by atoms with E-state index in [1.165, 1.54) is 0 Å². The van der Waals surface area contributed by atoms with Gasteiger partial charge in [-0.25, -0.2) is 4.98 Å². The van der Waals surface area contributed by atoms with Crippen molar-refractivity contribution in [2.45, 2.75) is 20.5 Å². The predicted molar refractivity (Wildman–Crippen MR) is 117 cm³/mol. The maximum atomic E-state index is 12.5. The van der Waals surface area contributed by atoms with Gasteiger partial charge >= 0.3 is 0 Å². The van der Waals surface area contributed by atoms with Crippen LogP contribution in [0.1, 0.15) is 27.4 Å². The molecule has 0 unspecified atom stereocenters. The first-order valence-corrected chi connectivity index (χ1v) is 9.71. The Morgan fingerprint density at radius 3 is 2.33 bits per heavy atom. The van der Waals surface area contributed by atoms with Gasteiger partial charge in [-0.1, -0.05) is 35.9 Å². The summed E-state index contributed by atoms with van der Waals surface area (Å²) in [6.45, 7) is 4.20. The third-order valence-corrected chi connectivity index (χ3v) is 4.71. The maximum absolute atomic E-state index is 12.5. The monoisotopic (exact) mass is 398 g/mol. The van der Waals surface area contributed by atoms with Crippen LogP contribution < -0.4 is 10.1 Å². The summed E-state index contributed by atoms with van der Waals surface area (Å²) in [5.74, 6) is 1.84. The van der Waals surface area contributed by atoms with E-state index >= 15 is 0 Å². The van der Waals surface area contributed by atoms with Crippen LogP contribution in [0, 0.1) is 13.8 Å².